The van der Waals surface area contributed by atoms with Gasteiger partial charge < -0.3 is 9.64 Å². The van der Waals surface area contributed by atoms with E-state index in [-0.39, 0.29) is 11.2 Å². The van der Waals surface area contributed by atoms with Crippen molar-refractivity contribution in [1.29, 1.82) is 0 Å². The second-order valence-corrected chi connectivity index (χ2v) is 8.07. The van der Waals surface area contributed by atoms with Crippen molar-refractivity contribution in [2.75, 3.05) is 26.3 Å². The number of ether oxygens (including phenoxy) is 1. The molecule has 29 heavy (non-hydrogen) atoms. The Labute approximate surface area is 174 Å². The first-order valence-electron chi connectivity index (χ1n) is 9.71. The number of aromatic nitrogens is 3. The van der Waals surface area contributed by atoms with E-state index >= 15 is 0 Å². The Morgan fingerprint density at radius 3 is 2.41 bits per heavy atom. The molecule has 4 rings (SSSR count). The van der Waals surface area contributed by atoms with Crippen LogP contribution in [0.2, 0.25) is 0 Å². The number of morpholine rings is 1. The molecule has 1 atom stereocenters. The van der Waals surface area contributed by atoms with Crippen molar-refractivity contribution in [1.82, 2.24) is 19.7 Å². The third-order valence-corrected chi connectivity index (χ3v) is 6.21. The number of hydrogen-bond donors (Lipinski definition) is 0. The summed E-state index contributed by atoms with van der Waals surface area (Å²) in [7, 11) is 0. The van der Waals surface area contributed by atoms with Gasteiger partial charge in [0, 0.05) is 13.1 Å². The van der Waals surface area contributed by atoms with Gasteiger partial charge in [-0.1, -0.05) is 60.3 Å². The smallest absolute Gasteiger partial charge is 0.240 e. The molecular weight excluding hydrogens is 384 g/mol. The summed E-state index contributed by atoms with van der Waals surface area (Å²) in [5, 5.41) is 9.03. The number of amides is 1. The van der Waals surface area contributed by atoms with Crippen LogP contribution < -0.4 is 0 Å². The number of carbonyl (C=O) groups is 1. The molecule has 2 heterocycles. The van der Waals surface area contributed by atoms with Gasteiger partial charge in [-0.05, 0) is 31.0 Å². The zero-order valence-electron chi connectivity index (χ0n) is 16.6. The van der Waals surface area contributed by atoms with Crippen LogP contribution >= 0.6 is 11.8 Å². The molecule has 1 aromatic heterocycles. The fourth-order valence-corrected chi connectivity index (χ4v) is 4.63. The number of rotatable bonds is 5. The van der Waals surface area contributed by atoms with Gasteiger partial charge in [-0.2, -0.15) is 0 Å². The number of para-hydroxylation sites is 1. The third-order valence-electron chi connectivity index (χ3n) is 5.02. The van der Waals surface area contributed by atoms with Gasteiger partial charge in [-0.3, -0.25) is 9.36 Å². The predicted molar refractivity (Wildman–Crippen MR) is 113 cm³/mol. The van der Waals surface area contributed by atoms with Crippen molar-refractivity contribution in [3.63, 3.8) is 0 Å². The summed E-state index contributed by atoms with van der Waals surface area (Å²) in [4.78, 5) is 15.3. The highest BCUT2D eigenvalue weighted by atomic mass is 32.2. The molecule has 1 aliphatic heterocycles. The monoisotopic (exact) mass is 408 g/mol. The van der Waals surface area contributed by atoms with E-state index < -0.39 is 0 Å². The Morgan fingerprint density at radius 2 is 1.69 bits per heavy atom. The molecule has 150 valence electrons. The summed E-state index contributed by atoms with van der Waals surface area (Å²) in [6, 6.07) is 18.0. The maximum Gasteiger partial charge on any atom is 0.240 e. The molecule has 6 nitrogen and oxygen atoms in total. The molecule has 7 heteroatoms. The van der Waals surface area contributed by atoms with Crippen LogP contribution in [0.5, 0.6) is 0 Å². The summed E-state index contributed by atoms with van der Waals surface area (Å²) in [6.07, 6.45) is 0. The van der Waals surface area contributed by atoms with Gasteiger partial charge in [0.1, 0.15) is 11.1 Å². The number of hydrogen-bond acceptors (Lipinski definition) is 5. The summed E-state index contributed by atoms with van der Waals surface area (Å²) in [5.41, 5.74) is 3.13. The summed E-state index contributed by atoms with van der Waals surface area (Å²) >= 11 is 1.45. The Morgan fingerprint density at radius 1 is 1.00 bits per heavy atom. The van der Waals surface area contributed by atoms with Crippen LogP contribution in [-0.2, 0) is 9.53 Å². The minimum atomic E-state index is -0.388. The number of aryl methyl sites for hydroxylation is 2. The molecule has 0 saturated carbocycles. The van der Waals surface area contributed by atoms with E-state index in [0.717, 1.165) is 22.6 Å². The largest absolute Gasteiger partial charge is 0.378 e. The highest BCUT2D eigenvalue weighted by molar-refractivity contribution is 8.00. The fraction of sp³-hybridized carbons (Fsp3) is 0.318. The minimum Gasteiger partial charge on any atom is -0.378 e. The highest BCUT2D eigenvalue weighted by Gasteiger charge is 2.30. The lowest BCUT2D eigenvalue weighted by molar-refractivity contribution is -0.134. The van der Waals surface area contributed by atoms with E-state index in [2.05, 4.69) is 29.3 Å². The number of nitrogens with zero attached hydrogens (tertiary/aromatic N) is 4. The van der Waals surface area contributed by atoms with Crippen LogP contribution in [0.4, 0.5) is 0 Å². The maximum absolute atomic E-state index is 13.4. The van der Waals surface area contributed by atoms with Gasteiger partial charge >= 0.3 is 0 Å². The lowest BCUT2D eigenvalue weighted by atomic mass is 10.1. The molecule has 0 N–H and O–H groups in total. The lowest BCUT2D eigenvalue weighted by Gasteiger charge is -2.30. The van der Waals surface area contributed by atoms with Crippen LogP contribution in [0.1, 0.15) is 22.2 Å². The summed E-state index contributed by atoms with van der Waals surface area (Å²) < 4.78 is 7.45. The van der Waals surface area contributed by atoms with Gasteiger partial charge in [0.2, 0.25) is 5.91 Å². The maximum atomic E-state index is 13.4. The molecular formula is C22H24N4O2S. The topological polar surface area (TPSA) is 60.2 Å². The van der Waals surface area contributed by atoms with Gasteiger partial charge in [0.25, 0.3) is 0 Å². The molecule has 1 aliphatic rings. The van der Waals surface area contributed by atoms with Crippen molar-refractivity contribution >= 4 is 17.7 Å². The van der Waals surface area contributed by atoms with Gasteiger partial charge in [0.15, 0.2) is 5.16 Å². The van der Waals surface area contributed by atoms with Crippen molar-refractivity contribution in [3.05, 3.63) is 71.5 Å². The first-order valence-corrected chi connectivity index (χ1v) is 10.6. The van der Waals surface area contributed by atoms with Crippen LogP contribution in [0, 0.1) is 13.8 Å². The second kappa shape index (κ2) is 8.80. The molecule has 0 bridgehead atoms. The molecule has 0 aliphatic carbocycles. The first kappa shape index (κ1) is 19.7. The summed E-state index contributed by atoms with van der Waals surface area (Å²) in [5.74, 6) is 0.883. The quantitative estimate of drug-likeness (QED) is 0.604. The minimum absolute atomic E-state index is 0.0847. The lowest BCUT2D eigenvalue weighted by Crippen LogP contribution is -2.42. The molecule has 1 amide bonds. The Balaban J connectivity index is 1.71. The molecule has 1 fully saturated rings. The predicted octanol–water partition coefficient (Wildman–Crippen LogP) is 3.58. The SMILES string of the molecule is Cc1ccccc1-n1c(C)nnc1S[C@@H](C(=O)N1CCOCC1)c1ccccc1. The zero-order valence-corrected chi connectivity index (χ0v) is 17.4. The van der Waals surface area contributed by atoms with E-state index in [0.29, 0.717) is 31.5 Å². The van der Waals surface area contributed by atoms with Crippen LogP contribution in [0.15, 0.2) is 59.8 Å². The molecule has 0 radical (unpaired) electrons. The number of thioether (sulfide) groups is 1. The molecule has 1 saturated heterocycles. The number of benzene rings is 2. The van der Waals surface area contributed by atoms with Crippen molar-refractivity contribution in [3.8, 4) is 5.69 Å². The Bertz CT molecular complexity index is 983. The van der Waals surface area contributed by atoms with Crippen LogP contribution in [-0.4, -0.2) is 51.9 Å². The van der Waals surface area contributed by atoms with Crippen LogP contribution in [0.25, 0.3) is 5.69 Å². The zero-order chi connectivity index (χ0) is 20.2. The number of carbonyl (C=O) groups excluding carboxylic acids is 1. The molecule has 3 aromatic rings. The van der Waals surface area contributed by atoms with Gasteiger partial charge in [-0.25, -0.2) is 0 Å². The average molecular weight is 409 g/mol. The van der Waals surface area contributed by atoms with E-state index in [1.165, 1.54) is 11.8 Å². The Hall–Kier alpha value is -2.64. The van der Waals surface area contributed by atoms with Crippen molar-refractivity contribution < 1.29 is 9.53 Å². The van der Waals surface area contributed by atoms with Crippen LogP contribution in [0.3, 0.4) is 0 Å². The first-order chi connectivity index (χ1) is 14.1. The standard InChI is InChI=1S/C22H24N4O2S/c1-16-8-6-7-11-19(16)26-17(2)23-24-22(26)29-20(18-9-4-3-5-10-18)21(27)25-12-14-28-15-13-25/h3-11,20H,12-15H2,1-2H3/t20-/m1/s1. The van der Waals surface area contributed by atoms with Gasteiger partial charge in [-0.15, -0.1) is 10.2 Å². The summed E-state index contributed by atoms with van der Waals surface area (Å²) in [6.45, 7) is 6.40. The fourth-order valence-electron chi connectivity index (χ4n) is 3.45. The van der Waals surface area contributed by atoms with E-state index in [1.807, 2.05) is 58.9 Å². The highest BCUT2D eigenvalue weighted by Crippen LogP contribution is 2.37. The third kappa shape index (κ3) is 4.21. The van der Waals surface area contributed by atoms with E-state index in [4.69, 9.17) is 4.74 Å². The van der Waals surface area contributed by atoms with E-state index in [1.54, 1.807) is 0 Å². The van der Waals surface area contributed by atoms with E-state index in [9.17, 15) is 4.79 Å². The molecule has 0 unspecified atom stereocenters. The second-order valence-electron chi connectivity index (χ2n) is 7.00. The Kier molecular flexibility index (Phi) is 5.97. The average Bonchev–Trinajstić information content (AvgIpc) is 3.13. The normalized spacial score (nSPS) is 15.3. The van der Waals surface area contributed by atoms with Crippen molar-refractivity contribution in [2.45, 2.75) is 24.3 Å². The van der Waals surface area contributed by atoms with Gasteiger partial charge in [0.05, 0.1) is 18.9 Å². The van der Waals surface area contributed by atoms with Crippen molar-refractivity contribution in [2.24, 2.45) is 0 Å². The molecule has 0 spiro atoms. The molecule has 2 aromatic carbocycles.